The Hall–Kier alpha value is -2.46. The van der Waals surface area contributed by atoms with Crippen LogP contribution in [0.3, 0.4) is 0 Å². The first-order valence-electron chi connectivity index (χ1n) is 7.05. The molecule has 3 aromatic rings. The summed E-state index contributed by atoms with van der Waals surface area (Å²) in [5, 5.41) is 7.02. The maximum atomic E-state index is 12.5. The van der Waals surface area contributed by atoms with Gasteiger partial charge in [0.1, 0.15) is 0 Å². The van der Waals surface area contributed by atoms with E-state index in [1.807, 2.05) is 0 Å². The van der Waals surface area contributed by atoms with Gasteiger partial charge >= 0.3 is 12.1 Å². The quantitative estimate of drug-likeness (QED) is 0.687. The van der Waals surface area contributed by atoms with Gasteiger partial charge in [-0.05, 0) is 13.0 Å². The number of anilines is 1. The van der Waals surface area contributed by atoms with Gasteiger partial charge in [-0.3, -0.25) is 4.98 Å². The van der Waals surface area contributed by atoms with Crippen molar-refractivity contribution in [1.29, 1.82) is 0 Å². The number of hydrogen-bond donors (Lipinski definition) is 1. The number of rotatable bonds is 4. The second kappa shape index (κ2) is 7.04. The van der Waals surface area contributed by atoms with Crippen LogP contribution in [0, 0.1) is 0 Å². The van der Waals surface area contributed by atoms with Crippen molar-refractivity contribution in [2.75, 3.05) is 5.32 Å². The highest BCUT2D eigenvalue weighted by atomic mass is 35.5. The predicted molar refractivity (Wildman–Crippen MR) is 86.6 cm³/mol. The summed E-state index contributed by atoms with van der Waals surface area (Å²) < 4.78 is 41.6. The van der Waals surface area contributed by atoms with Crippen molar-refractivity contribution in [3.8, 4) is 11.4 Å². The molecule has 0 aromatic carbocycles. The van der Waals surface area contributed by atoms with Crippen LogP contribution in [-0.4, -0.2) is 25.1 Å². The van der Waals surface area contributed by atoms with Crippen LogP contribution in [0.25, 0.3) is 11.4 Å². The molecule has 0 amide bonds. The van der Waals surface area contributed by atoms with Gasteiger partial charge in [0.15, 0.2) is 0 Å². The van der Waals surface area contributed by atoms with E-state index in [9.17, 15) is 13.2 Å². The molecule has 3 aromatic heterocycles. The summed E-state index contributed by atoms with van der Waals surface area (Å²) in [4.78, 5) is 15.4. The number of nitrogens with zero attached hydrogens (tertiary/aromatic N) is 5. The molecule has 1 unspecified atom stereocenters. The average Bonchev–Trinajstić information content (AvgIpc) is 3.05. The summed E-state index contributed by atoms with van der Waals surface area (Å²) in [6, 6.07) is 1.22. The largest absolute Gasteiger partial charge is 0.471 e. The first-order chi connectivity index (χ1) is 12.2. The molecule has 3 rings (SSSR count). The second-order valence-electron chi connectivity index (χ2n) is 5.10. The third-order valence-electron chi connectivity index (χ3n) is 3.17. The van der Waals surface area contributed by atoms with Crippen LogP contribution in [0.1, 0.15) is 24.6 Å². The van der Waals surface area contributed by atoms with Crippen LogP contribution >= 0.6 is 23.2 Å². The van der Waals surface area contributed by atoms with E-state index < -0.39 is 12.1 Å². The average molecular weight is 405 g/mol. The normalized spacial score (nSPS) is 12.8. The molecular formula is C14H9Cl2F3N6O. The topological polar surface area (TPSA) is 89.6 Å². The Morgan fingerprint density at radius 3 is 2.38 bits per heavy atom. The summed E-state index contributed by atoms with van der Waals surface area (Å²) >= 11 is 11.9. The van der Waals surface area contributed by atoms with Crippen molar-refractivity contribution in [2.24, 2.45) is 0 Å². The van der Waals surface area contributed by atoms with E-state index in [-0.39, 0.29) is 23.4 Å². The van der Waals surface area contributed by atoms with Crippen LogP contribution in [0.4, 0.5) is 19.1 Å². The van der Waals surface area contributed by atoms with Gasteiger partial charge < -0.3 is 9.84 Å². The number of halogens is 5. The Morgan fingerprint density at radius 2 is 1.81 bits per heavy atom. The monoisotopic (exact) mass is 404 g/mol. The van der Waals surface area contributed by atoms with E-state index in [1.165, 1.54) is 18.6 Å². The molecule has 0 bridgehead atoms. The van der Waals surface area contributed by atoms with E-state index in [2.05, 4.69) is 34.9 Å². The molecule has 0 fully saturated rings. The van der Waals surface area contributed by atoms with E-state index in [4.69, 9.17) is 23.2 Å². The summed E-state index contributed by atoms with van der Waals surface area (Å²) in [5.41, 5.74) is 0.710. The summed E-state index contributed by atoms with van der Waals surface area (Å²) in [6.45, 7) is 1.79. The van der Waals surface area contributed by atoms with Gasteiger partial charge in [-0.2, -0.15) is 18.2 Å². The van der Waals surface area contributed by atoms with Gasteiger partial charge in [-0.1, -0.05) is 28.4 Å². The molecule has 1 N–H and O–H groups in total. The lowest BCUT2D eigenvalue weighted by Gasteiger charge is -2.14. The number of alkyl halides is 3. The lowest BCUT2D eigenvalue weighted by Crippen LogP contribution is -2.11. The maximum Gasteiger partial charge on any atom is 0.471 e. The van der Waals surface area contributed by atoms with Gasteiger partial charge in [0, 0.05) is 18.6 Å². The van der Waals surface area contributed by atoms with Crippen molar-refractivity contribution in [1.82, 2.24) is 25.1 Å². The first kappa shape index (κ1) is 18.3. The van der Waals surface area contributed by atoms with Crippen molar-refractivity contribution in [2.45, 2.75) is 19.1 Å². The molecule has 0 saturated heterocycles. The first-order valence-corrected chi connectivity index (χ1v) is 7.80. The molecule has 0 radical (unpaired) electrons. The molecule has 0 saturated carbocycles. The third-order valence-corrected chi connectivity index (χ3v) is 3.68. The lowest BCUT2D eigenvalue weighted by atomic mass is 10.2. The molecule has 12 heteroatoms. The minimum Gasteiger partial charge on any atom is -0.346 e. The van der Waals surface area contributed by atoms with Crippen LogP contribution < -0.4 is 5.32 Å². The second-order valence-corrected chi connectivity index (χ2v) is 5.95. The molecule has 26 heavy (non-hydrogen) atoms. The van der Waals surface area contributed by atoms with Gasteiger partial charge in [0.25, 0.3) is 0 Å². The van der Waals surface area contributed by atoms with Crippen molar-refractivity contribution >= 4 is 29.2 Å². The van der Waals surface area contributed by atoms with E-state index in [0.717, 1.165) is 0 Å². The van der Waals surface area contributed by atoms with E-state index in [0.29, 0.717) is 15.7 Å². The van der Waals surface area contributed by atoms with Crippen molar-refractivity contribution in [3.63, 3.8) is 0 Å². The summed E-state index contributed by atoms with van der Waals surface area (Å²) in [5.74, 6) is -1.49. The molecule has 1 atom stereocenters. The standard InChI is InChI=1S/C14H9Cl2F3N6O/c1-6(10-9(16)2-8(15)5-20-10)23-13-21-3-7(4-22-13)11-24-12(26-25-11)14(17,18)19/h2-6H,1H3,(H,21,22,23). The Labute approximate surface area is 154 Å². The number of aromatic nitrogens is 5. The number of hydrogen-bond acceptors (Lipinski definition) is 7. The Bertz CT molecular complexity index is 916. The number of nitrogens with one attached hydrogen (secondary N) is 1. The smallest absolute Gasteiger partial charge is 0.346 e. The Balaban J connectivity index is 1.74. The minimum absolute atomic E-state index is 0.171. The Morgan fingerprint density at radius 1 is 1.12 bits per heavy atom. The fraction of sp³-hybridized carbons (Fsp3) is 0.214. The highest BCUT2D eigenvalue weighted by Gasteiger charge is 2.38. The molecule has 3 heterocycles. The lowest BCUT2D eigenvalue weighted by molar-refractivity contribution is -0.159. The molecule has 0 spiro atoms. The zero-order valence-electron chi connectivity index (χ0n) is 12.9. The summed E-state index contributed by atoms with van der Waals surface area (Å²) in [7, 11) is 0. The zero-order chi connectivity index (χ0) is 18.9. The van der Waals surface area contributed by atoms with Crippen LogP contribution in [0.2, 0.25) is 10.0 Å². The van der Waals surface area contributed by atoms with E-state index >= 15 is 0 Å². The van der Waals surface area contributed by atoms with Gasteiger partial charge in [-0.25, -0.2) is 9.97 Å². The fourth-order valence-electron chi connectivity index (χ4n) is 1.98. The van der Waals surface area contributed by atoms with Crippen molar-refractivity contribution in [3.05, 3.63) is 46.3 Å². The zero-order valence-corrected chi connectivity index (χ0v) is 14.4. The highest BCUT2D eigenvalue weighted by Crippen LogP contribution is 2.29. The van der Waals surface area contributed by atoms with Gasteiger partial charge in [0.2, 0.25) is 11.8 Å². The van der Waals surface area contributed by atoms with Crippen LogP contribution in [-0.2, 0) is 6.18 Å². The fourth-order valence-corrected chi connectivity index (χ4v) is 2.52. The molecular weight excluding hydrogens is 396 g/mol. The molecule has 7 nitrogen and oxygen atoms in total. The highest BCUT2D eigenvalue weighted by molar-refractivity contribution is 6.34. The van der Waals surface area contributed by atoms with Gasteiger partial charge in [-0.15, -0.1) is 0 Å². The maximum absolute atomic E-state index is 12.5. The SMILES string of the molecule is CC(Nc1ncc(-c2noc(C(F)(F)F)n2)cn1)c1ncc(Cl)cc1Cl. The van der Waals surface area contributed by atoms with E-state index in [1.54, 1.807) is 13.0 Å². The van der Waals surface area contributed by atoms with Crippen LogP contribution in [0.15, 0.2) is 29.2 Å². The summed E-state index contributed by atoms with van der Waals surface area (Å²) in [6.07, 6.45) is -0.721. The number of pyridine rings is 1. The molecule has 0 aliphatic rings. The molecule has 136 valence electrons. The molecule has 0 aliphatic heterocycles. The van der Waals surface area contributed by atoms with Crippen LogP contribution in [0.5, 0.6) is 0 Å². The minimum atomic E-state index is -4.71. The predicted octanol–water partition coefficient (Wildman–Crippen LogP) is 4.42. The molecule has 0 aliphatic carbocycles. The third kappa shape index (κ3) is 4.02. The van der Waals surface area contributed by atoms with Gasteiger partial charge in [0.05, 0.1) is 27.3 Å². The Kier molecular flexibility index (Phi) is 4.97. The van der Waals surface area contributed by atoms with Crippen molar-refractivity contribution < 1.29 is 17.7 Å².